The second kappa shape index (κ2) is 7.17. The fourth-order valence-electron chi connectivity index (χ4n) is 2.16. The van der Waals surface area contributed by atoms with E-state index in [2.05, 4.69) is 0 Å². The summed E-state index contributed by atoms with van der Waals surface area (Å²) in [6, 6.07) is 9.33. The molecule has 7 heteroatoms. The van der Waals surface area contributed by atoms with E-state index in [1.54, 1.807) is 18.2 Å². The lowest BCUT2D eigenvalue weighted by molar-refractivity contribution is -0.140. The molecule has 1 unspecified atom stereocenters. The van der Waals surface area contributed by atoms with Crippen molar-refractivity contribution in [1.82, 2.24) is 0 Å². The Morgan fingerprint density at radius 3 is 2.48 bits per heavy atom. The quantitative estimate of drug-likeness (QED) is 0.523. The van der Waals surface area contributed by atoms with Crippen LogP contribution in [0.25, 0.3) is 10.4 Å². The highest BCUT2D eigenvalue weighted by Crippen LogP contribution is 2.26. The molecular formula is C16H16N2O4S. The molecule has 0 saturated carbocycles. The Morgan fingerprint density at radius 1 is 1.17 bits per heavy atom. The van der Waals surface area contributed by atoms with Crippen molar-refractivity contribution in [3.05, 3.63) is 47.3 Å². The largest absolute Gasteiger partial charge is 0.481 e. The van der Waals surface area contributed by atoms with Gasteiger partial charge in [-0.2, -0.15) is 0 Å². The molecule has 2 atom stereocenters. The standard InChI is InChI=1S/C16H16N2O4S/c17-12(15(18)20)8-11(16(21)22)14(19)10-4-1-3-9(7-10)13-5-2-6-23-13/h1-7,11-12H,8,17H2,(H2,18,20)(H,21,22)/t11?,12-/m0/s1. The summed E-state index contributed by atoms with van der Waals surface area (Å²) in [4.78, 5) is 35.8. The van der Waals surface area contributed by atoms with Crippen molar-refractivity contribution in [3.8, 4) is 10.4 Å². The number of thiophene rings is 1. The molecule has 0 radical (unpaired) electrons. The van der Waals surface area contributed by atoms with Gasteiger partial charge in [-0.15, -0.1) is 11.3 Å². The van der Waals surface area contributed by atoms with Gasteiger partial charge in [0.2, 0.25) is 5.91 Å². The van der Waals surface area contributed by atoms with Crippen LogP contribution in [0.2, 0.25) is 0 Å². The van der Waals surface area contributed by atoms with Gasteiger partial charge in [0, 0.05) is 10.4 Å². The van der Waals surface area contributed by atoms with Gasteiger partial charge in [0.05, 0.1) is 6.04 Å². The molecule has 1 amide bonds. The third kappa shape index (κ3) is 4.02. The summed E-state index contributed by atoms with van der Waals surface area (Å²) in [6.45, 7) is 0. The summed E-state index contributed by atoms with van der Waals surface area (Å²) in [5, 5.41) is 11.2. The van der Waals surface area contributed by atoms with Crippen LogP contribution < -0.4 is 11.5 Å². The minimum atomic E-state index is -1.41. The predicted octanol–water partition coefficient (Wildman–Crippen LogP) is 1.50. The molecule has 0 bridgehead atoms. The van der Waals surface area contributed by atoms with E-state index in [0.29, 0.717) is 0 Å². The van der Waals surface area contributed by atoms with Gasteiger partial charge in [0.25, 0.3) is 0 Å². The maximum absolute atomic E-state index is 12.5. The van der Waals surface area contributed by atoms with Gasteiger partial charge in [0.15, 0.2) is 5.78 Å². The first-order chi connectivity index (χ1) is 10.9. The van der Waals surface area contributed by atoms with Crippen LogP contribution in [0, 0.1) is 5.92 Å². The zero-order valence-corrected chi connectivity index (χ0v) is 13.0. The minimum Gasteiger partial charge on any atom is -0.481 e. The first-order valence-electron chi connectivity index (χ1n) is 6.86. The van der Waals surface area contributed by atoms with E-state index in [-0.39, 0.29) is 12.0 Å². The maximum Gasteiger partial charge on any atom is 0.314 e. The fraction of sp³-hybridized carbons (Fsp3) is 0.188. The molecule has 0 aliphatic carbocycles. The number of nitrogens with two attached hydrogens (primary N) is 2. The molecule has 0 aliphatic heterocycles. The van der Waals surface area contributed by atoms with Crippen LogP contribution in [0.3, 0.4) is 0 Å². The average Bonchev–Trinajstić information content (AvgIpc) is 3.05. The SMILES string of the molecule is NC(=O)[C@@H](N)CC(C(=O)O)C(=O)c1cccc(-c2cccs2)c1. The number of rotatable bonds is 7. The van der Waals surface area contributed by atoms with Gasteiger partial charge in [-0.25, -0.2) is 0 Å². The van der Waals surface area contributed by atoms with E-state index >= 15 is 0 Å². The lowest BCUT2D eigenvalue weighted by atomic mass is 9.90. The summed E-state index contributed by atoms with van der Waals surface area (Å²) >= 11 is 1.52. The minimum absolute atomic E-state index is 0.264. The smallest absolute Gasteiger partial charge is 0.314 e. The number of benzene rings is 1. The molecule has 6 nitrogen and oxygen atoms in total. The number of hydrogen-bond acceptors (Lipinski definition) is 5. The first-order valence-corrected chi connectivity index (χ1v) is 7.74. The van der Waals surface area contributed by atoms with E-state index in [0.717, 1.165) is 10.4 Å². The second-order valence-electron chi connectivity index (χ2n) is 5.06. The summed E-state index contributed by atoms with van der Waals surface area (Å²) in [7, 11) is 0. The van der Waals surface area contributed by atoms with Crippen molar-refractivity contribution in [3.63, 3.8) is 0 Å². The van der Waals surface area contributed by atoms with Crippen molar-refractivity contribution in [2.45, 2.75) is 12.5 Å². The first kappa shape index (κ1) is 16.9. The van der Waals surface area contributed by atoms with Crippen LogP contribution in [0.15, 0.2) is 41.8 Å². The fourth-order valence-corrected chi connectivity index (χ4v) is 2.88. The summed E-state index contributed by atoms with van der Waals surface area (Å²) < 4.78 is 0. The number of carbonyl (C=O) groups excluding carboxylic acids is 2. The number of carbonyl (C=O) groups is 3. The van der Waals surface area contributed by atoms with Crippen LogP contribution >= 0.6 is 11.3 Å². The van der Waals surface area contributed by atoms with E-state index in [1.807, 2.05) is 23.6 Å². The summed E-state index contributed by atoms with van der Waals surface area (Å²) in [5.41, 5.74) is 11.6. The highest BCUT2D eigenvalue weighted by atomic mass is 32.1. The number of aliphatic carboxylic acids is 1. The Bertz CT molecular complexity index is 727. The van der Waals surface area contributed by atoms with Gasteiger partial charge in [-0.3, -0.25) is 14.4 Å². The predicted molar refractivity (Wildman–Crippen MR) is 87.0 cm³/mol. The molecule has 1 heterocycles. The van der Waals surface area contributed by atoms with Crippen molar-refractivity contribution >= 4 is 29.0 Å². The third-order valence-corrected chi connectivity index (χ3v) is 4.34. The number of hydrogen-bond donors (Lipinski definition) is 3. The number of ketones is 1. The molecule has 1 aromatic heterocycles. The Hall–Kier alpha value is -2.51. The molecule has 0 aliphatic rings. The number of carboxylic acid groups (broad SMARTS) is 1. The lowest BCUT2D eigenvalue weighted by Crippen LogP contribution is -2.41. The van der Waals surface area contributed by atoms with Crippen LogP contribution in [-0.2, 0) is 9.59 Å². The van der Waals surface area contributed by atoms with Crippen molar-refractivity contribution in [1.29, 1.82) is 0 Å². The number of primary amides is 1. The molecule has 0 spiro atoms. The summed E-state index contributed by atoms with van der Waals surface area (Å²) in [6.07, 6.45) is -0.327. The summed E-state index contributed by atoms with van der Waals surface area (Å²) in [5.74, 6) is -4.16. The van der Waals surface area contributed by atoms with Crippen LogP contribution in [0.1, 0.15) is 16.8 Å². The van der Waals surface area contributed by atoms with Gasteiger partial charge >= 0.3 is 5.97 Å². The Balaban J connectivity index is 2.28. The molecule has 120 valence electrons. The van der Waals surface area contributed by atoms with Gasteiger partial charge in [0.1, 0.15) is 5.92 Å². The van der Waals surface area contributed by atoms with E-state index < -0.39 is 29.6 Å². The van der Waals surface area contributed by atoms with Crippen molar-refractivity contribution < 1.29 is 19.5 Å². The van der Waals surface area contributed by atoms with Crippen LogP contribution in [0.4, 0.5) is 0 Å². The highest BCUT2D eigenvalue weighted by molar-refractivity contribution is 7.13. The second-order valence-corrected chi connectivity index (χ2v) is 6.01. The molecule has 0 fully saturated rings. The molecule has 2 rings (SSSR count). The zero-order chi connectivity index (χ0) is 17.0. The van der Waals surface area contributed by atoms with Gasteiger partial charge in [-0.05, 0) is 29.5 Å². The van der Waals surface area contributed by atoms with Gasteiger partial charge < -0.3 is 16.6 Å². The third-order valence-electron chi connectivity index (χ3n) is 3.42. The number of amides is 1. The monoisotopic (exact) mass is 332 g/mol. The normalized spacial score (nSPS) is 13.3. The number of Topliss-reactive ketones (excluding diaryl/α,β-unsaturated/α-hetero) is 1. The molecule has 0 saturated heterocycles. The molecule has 23 heavy (non-hydrogen) atoms. The zero-order valence-electron chi connectivity index (χ0n) is 12.1. The molecule has 5 N–H and O–H groups in total. The Kier molecular flexibility index (Phi) is 5.25. The maximum atomic E-state index is 12.5. The Labute approximate surface area is 136 Å². The van der Waals surface area contributed by atoms with Gasteiger partial charge in [-0.1, -0.05) is 24.3 Å². The van der Waals surface area contributed by atoms with E-state index in [1.165, 1.54) is 11.3 Å². The topological polar surface area (TPSA) is 123 Å². The van der Waals surface area contributed by atoms with E-state index in [4.69, 9.17) is 11.5 Å². The van der Waals surface area contributed by atoms with Crippen molar-refractivity contribution in [2.75, 3.05) is 0 Å². The number of carboxylic acids is 1. The lowest BCUT2D eigenvalue weighted by Gasteiger charge is -2.15. The van der Waals surface area contributed by atoms with E-state index in [9.17, 15) is 19.5 Å². The highest BCUT2D eigenvalue weighted by Gasteiger charge is 2.31. The molecule has 2 aromatic rings. The van der Waals surface area contributed by atoms with Crippen LogP contribution in [-0.4, -0.2) is 28.8 Å². The molecular weight excluding hydrogens is 316 g/mol. The molecule has 1 aromatic carbocycles. The van der Waals surface area contributed by atoms with Crippen molar-refractivity contribution in [2.24, 2.45) is 17.4 Å². The van der Waals surface area contributed by atoms with Crippen LogP contribution in [0.5, 0.6) is 0 Å². The Morgan fingerprint density at radius 2 is 1.91 bits per heavy atom. The average molecular weight is 332 g/mol.